The predicted octanol–water partition coefficient (Wildman–Crippen LogP) is 6.49. The van der Waals surface area contributed by atoms with Crippen LogP contribution in [-0.2, 0) is 35.6 Å². The SMILES string of the molecule is COc1ccc(C(OCc2ccccc2)(c2ccc(OC)cc2)C2OC(n3ccc(=O)[nH]c3=O)C(OC(C)=O)C2O[Si](c2ccccc2)(c2ccccc2)C(C)(C)C)cc1. The maximum absolute atomic E-state index is 13.8. The number of aromatic amines is 1. The van der Waals surface area contributed by atoms with Crippen molar-refractivity contribution in [1.29, 1.82) is 0 Å². The van der Waals surface area contributed by atoms with Crippen LogP contribution in [0.3, 0.4) is 0 Å². The molecule has 1 aliphatic heterocycles. The van der Waals surface area contributed by atoms with E-state index in [4.69, 9.17) is 28.1 Å². The first-order chi connectivity index (χ1) is 28.9. The van der Waals surface area contributed by atoms with Gasteiger partial charge in [0.15, 0.2) is 12.3 Å². The standard InChI is InChI=1S/C48H50N2O9Si/c1-33(51)57-43-42(59-60(47(2,3)4,39-18-12-8-13-19-39)40-20-14-9-15-21-40)44(58-45(43)50-31-30-41(52)49-46(50)53)48(35-22-26-37(54-5)27-23-35,36-24-28-38(55-6)29-25-36)56-32-34-16-10-7-11-17-34/h7-31,42-45H,32H2,1-6H3,(H,49,52,53). The number of carbonyl (C=O) groups excluding carboxylic acids is 1. The van der Waals surface area contributed by atoms with Crippen LogP contribution in [-0.4, -0.2) is 56.4 Å². The molecule has 2 heterocycles. The van der Waals surface area contributed by atoms with E-state index in [0.717, 1.165) is 15.9 Å². The second kappa shape index (κ2) is 17.7. The van der Waals surface area contributed by atoms with Crippen LogP contribution in [0.5, 0.6) is 11.5 Å². The summed E-state index contributed by atoms with van der Waals surface area (Å²) in [7, 11) is -0.313. The largest absolute Gasteiger partial charge is 0.497 e. The first-order valence-electron chi connectivity index (χ1n) is 19.8. The number of aromatic nitrogens is 2. The molecule has 310 valence electrons. The molecule has 1 aliphatic rings. The van der Waals surface area contributed by atoms with Crippen LogP contribution in [0.4, 0.5) is 0 Å². The van der Waals surface area contributed by atoms with Gasteiger partial charge in [0.25, 0.3) is 13.9 Å². The number of methoxy groups -OCH3 is 2. The highest BCUT2D eigenvalue weighted by Gasteiger charge is 2.63. The first kappa shape index (κ1) is 42.1. The molecular weight excluding hydrogens is 777 g/mol. The molecule has 11 nitrogen and oxygen atoms in total. The van der Waals surface area contributed by atoms with Crippen LogP contribution >= 0.6 is 0 Å². The summed E-state index contributed by atoms with van der Waals surface area (Å²) < 4.78 is 41.5. The summed E-state index contributed by atoms with van der Waals surface area (Å²) in [6.45, 7) is 7.89. The van der Waals surface area contributed by atoms with E-state index >= 15 is 0 Å². The minimum Gasteiger partial charge on any atom is -0.497 e. The van der Waals surface area contributed by atoms with E-state index in [-0.39, 0.29) is 6.61 Å². The zero-order chi connectivity index (χ0) is 42.5. The van der Waals surface area contributed by atoms with Gasteiger partial charge in [-0.3, -0.25) is 19.1 Å². The Kier molecular flexibility index (Phi) is 12.4. The molecule has 1 saturated heterocycles. The highest BCUT2D eigenvalue weighted by molar-refractivity contribution is 6.99. The number of H-pyrrole nitrogens is 1. The Bertz CT molecular complexity index is 2380. The van der Waals surface area contributed by atoms with E-state index in [9.17, 15) is 14.4 Å². The van der Waals surface area contributed by atoms with E-state index in [1.54, 1.807) is 14.2 Å². The molecule has 0 radical (unpaired) electrons. The zero-order valence-corrected chi connectivity index (χ0v) is 35.6. The molecule has 12 heteroatoms. The Morgan fingerprint density at radius 1 is 0.700 bits per heavy atom. The minimum atomic E-state index is -3.51. The second-order valence-electron chi connectivity index (χ2n) is 15.8. The molecule has 1 N–H and O–H groups in total. The maximum Gasteiger partial charge on any atom is 0.330 e. The molecule has 0 amide bonds. The predicted molar refractivity (Wildman–Crippen MR) is 231 cm³/mol. The molecule has 0 saturated carbocycles. The Labute approximate surface area is 350 Å². The number of rotatable bonds is 14. The minimum absolute atomic E-state index is 0.117. The van der Waals surface area contributed by atoms with Crippen LogP contribution in [0.1, 0.15) is 50.6 Å². The van der Waals surface area contributed by atoms with Gasteiger partial charge in [-0.1, -0.05) is 136 Å². The van der Waals surface area contributed by atoms with Crippen molar-refractivity contribution in [2.45, 2.75) is 69.5 Å². The van der Waals surface area contributed by atoms with Gasteiger partial charge < -0.3 is 28.1 Å². The molecule has 0 aliphatic carbocycles. The average Bonchev–Trinajstić information content (AvgIpc) is 3.60. The van der Waals surface area contributed by atoms with E-state index < -0.39 is 60.7 Å². The van der Waals surface area contributed by atoms with Crippen molar-refractivity contribution < 1.29 is 32.9 Å². The molecule has 7 rings (SSSR count). The van der Waals surface area contributed by atoms with Crippen molar-refractivity contribution >= 4 is 24.7 Å². The van der Waals surface area contributed by atoms with Crippen molar-refractivity contribution in [2.75, 3.05) is 14.2 Å². The lowest BCUT2D eigenvalue weighted by Gasteiger charge is -2.48. The Balaban J connectivity index is 1.58. The number of carbonyl (C=O) groups is 1. The summed E-state index contributed by atoms with van der Waals surface area (Å²) in [6.07, 6.45) is -3.45. The van der Waals surface area contributed by atoms with Gasteiger partial charge in [-0.25, -0.2) is 4.79 Å². The highest BCUT2D eigenvalue weighted by Crippen LogP contribution is 2.51. The number of hydrogen-bond acceptors (Lipinski definition) is 9. The highest BCUT2D eigenvalue weighted by atomic mass is 28.4. The third-order valence-electron chi connectivity index (χ3n) is 11.1. The van der Waals surface area contributed by atoms with E-state index in [2.05, 4.69) is 50.0 Å². The summed E-state index contributed by atoms with van der Waals surface area (Å²) in [5.41, 5.74) is -0.658. The Morgan fingerprint density at radius 3 is 1.65 bits per heavy atom. The number of nitrogens with zero attached hydrogens (tertiary/aromatic N) is 1. The molecule has 1 fully saturated rings. The topological polar surface area (TPSA) is 127 Å². The van der Waals surface area contributed by atoms with Crippen molar-refractivity contribution in [2.24, 2.45) is 0 Å². The normalized spacial score (nSPS) is 18.2. The van der Waals surface area contributed by atoms with Crippen LogP contribution in [0.25, 0.3) is 0 Å². The van der Waals surface area contributed by atoms with Crippen molar-refractivity contribution in [3.05, 3.63) is 189 Å². The second-order valence-corrected chi connectivity index (χ2v) is 20.0. The monoisotopic (exact) mass is 826 g/mol. The van der Waals surface area contributed by atoms with Gasteiger partial charge in [-0.15, -0.1) is 0 Å². The van der Waals surface area contributed by atoms with Crippen molar-refractivity contribution in [3.63, 3.8) is 0 Å². The molecule has 4 atom stereocenters. The summed E-state index contributed by atoms with van der Waals surface area (Å²) in [5.74, 6) is 0.620. The zero-order valence-electron chi connectivity index (χ0n) is 34.6. The van der Waals surface area contributed by atoms with Crippen LogP contribution in [0.2, 0.25) is 5.04 Å². The molecule has 6 aromatic rings. The van der Waals surface area contributed by atoms with Crippen LogP contribution in [0.15, 0.2) is 161 Å². The summed E-state index contributed by atoms with van der Waals surface area (Å²) in [4.78, 5) is 42.0. The van der Waals surface area contributed by atoms with E-state index in [1.165, 1.54) is 23.8 Å². The molecule has 60 heavy (non-hydrogen) atoms. The lowest BCUT2D eigenvalue weighted by atomic mass is 9.78. The first-order valence-corrected chi connectivity index (χ1v) is 21.7. The number of ether oxygens (including phenoxy) is 5. The van der Waals surface area contributed by atoms with Gasteiger partial charge in [-0.05, 0) is 56.4 Å². The molecule has 0 spiro atoms. The molecule has 5 aromatic carbocycles. The third kappa shape index (κ3) is 8.11. The van der Waals surface area contributed by atoms with E-state index in [0.29, 0.717) is 22.6 Å². The quantitative estimate of drug-likeness (QED) is 0.0970. The molecular formula is C48H50N2O9Si. The molecule has 4 unspecified atom stereocenters. The van der Waals surface area contributed by atoms with Gasteiger partial charge >= 0.3 is 11.7 Å². The smallest absolute Gasteiger partial charge is 0.330 e. The Hall–Kier alpha value is -6.05. The van der Waals surface area contributed by atoms with Crippen LogP contribution in [0, 0.1) is 0 Å². The van der Waals surface area contributed by atoms with E-state index in [1.807, 2.05) is 115 Å². The van der Waals surface area contributed by atoms with Gasteiger partial charge in [0.2, 0.25) is 0 Å². The molecule has 0 bridgehead atoms. The fraction of sp³-hybridized carbons (Fsp3) is 0.271. The van der Waals surface area contributed by atoms with Gasteiger partial charge in [-0.2, -0.15) is 0 Å². The van der Waals surface area contributed by atoms with Crippen LogP contribution < -0.4 is 31.1 Å². The molecule has 1 aromatic heterocycles. The Morgan fingerprint density at radius 2 is 1.20 bits per heavy atom. The summed E-state index contributed by atoms with van der Waals surface area (Å²) in [5, 5.41) is 1.40. The summed E-state index contributed by atoms with van der Waals surface area (Å²) in [6, 6.07) is 46.3. The number of esters is 1. The lowest BCUT2D eigenvalue weighted by molar-refractivity contribution is -0.160. The van der Waals surface area contributed by atoms with Gasteiger partial charge in [0.1, 0.15) is 29.3 Å². The third-order valence-corrected chi connectivity index (χ3v) is 16.1. The van der Waals surface area contributed by atoms with Gasteiger partial charge in [0.05, 0.1) is 20.8 Å². The van der Waals surface area contributed by atoms with Crippen molar-refractivity contribution in [1.82, 2.24) is 9.55 Å². The maximum atomic E-state index is 13.8. The lowest BCUT2D eigenvalue weighted by Crippen LogP contribution is -2.70. The number of benzene rings is 5. The number of hydrogen-bond donors (Lipinski definition) is 1. The van der Waals surface area contributed by atoms with Crippen molar-refractivity contribution in [3.8, 4) is 11.5 Å². The van der Waals surface area contributed by atoms with Gasteiger partial charge in [0, 0.05) is 19.2 Å². The number of nitrogens with one attached hydrogen (secondary N) is 1. The fourth-order valence-corrected chi connectivity index (χ4v) is 13.0. The fourth-order valence-electron chi connectivity index (χ4n) is 8.35. The summed E-state index contributed by atoms with van der Waals surface area (Å²) >= 11 is 0. The average molecular weight is 827 g/mol.